The predicted octanol–water partition coefficient (Wildman–Crippen LogP) is 5.04. The van der Waals surface area contributed by atoms with Crippen LogP contribution in [0.2, 0.25) is 5.02 Å². The number of Topliss-reactive ketones (excluding diaryl/α,β-unsaturated/α-hetero) is 1. The zero-order valence-electron chi connectivity index (χ0n) is 14.9. The van der Waals surface area contributed by atoms with Crippen molar-refractivity contribution < 1.29 is 13.2 Å². The van der Waals surface area contributed by atoms with E-state index in [2.05, 4.69) is 9.71 Å². The molecule has 2 N–H and O–H groups in total. The minimum absolute atomic E-state index is 0.133. The highest BCUT2D eigenvalue weighted by Crippen LogP contribution is 2.34. The van der Waals surface area contributed by atoms with Crippen LogP contribution in [0.5, 0.6) is 0 Å². The molecule has 0 saturated carbocycles. The molecule has 0 aliphatic carbocycles. The van der Waals surface area contributed by atoms with Crippen LogP contribution in [0.15, 0.2) is 59.5 Å². The first-order chi connectivity index (χ1) is 12.8. The number of carbonyl (C=O) groups excluding carboxylic acids is 1. The maximum atomic E-state index is 12.8. The Labute approximate surface area is 163 Å². The first-order valence-electron chi connectivity index (χ1n) is 8.43. The van der Waals surface area contributed by atoms with Crippen LogP contribution in [0.3, 0.4) is 0 Å². The predicted molar refractivity (Wildman–Crippen MR) is 108 cm³/mol. The summed E-state index contributed by atoms with van der Waals surface area (Å²) < 4.78 is 28.1. The van der Waals surface area contributed by atoms with E-state index in [0.717, 1.165) is 5.56 Å². The second kappa shape index (κ2) is 7.58. The molecule has 27 heavy (non-hydrogen) atoms. The van der Waals surface area contributed by atoms with Gasteiger partial charge in [0, 0.05) is 11.4 Å². The zero-order valence-corrected chi connectivity index (χ0v) is 16.5. The van der Waals surface area contributed by atoms with E-state index in [-0.39, 0.29) is 28.5 Å². The molecular weight excluding hydrogens is 384 g/mol. The van der Waals surface area contributed by atoms with Gasteiger partial charge in [-0.1, -0.05) is 48.9 Å². The van der Waals surface area contributed by atoms with Gasteiger partial charge in [-0.05, 0) is 42.3 Å². The first kappa shape index (κ1) is 19.2. The number of aromatic nitrogens is 1. The quantitative estimate of drug-likeness (QED) is 0.567. The van der Waals surface area contributed by atoms with Crippen LogP contribution in [0.25, 0.3) is 11.3 Å². The molecule has 0 aliphatic heterocycles. The molecular formula is C20H19ClN2O3S. The maximum absolute atomic E-state index is 12.8. The van der Waals surface area contributed by atoms with Crippen molar-refractivity contribution in [3.63, 3.8) is 0 Å². The largest absolute Gasteiger partial charge is 0.350 e. The molecule has 0 atom stereocenters. The molecule has 2 aromatic carbocycles. The number of H-pyrrole nitrogens is 1. The molecule has 0 saturated heterocycles. The van der Waals surface area contributed by atoms with Gasteiger partial charge in [-0.2, -0.15) is 0 Å². The van der Waals surface area contributed by atoms with Gasteiger partial charge in [0.15, 0.2) is 5.78 Å². The molecule has 140 valence electrons. The minimum Gasteiger partial charge on any atom is -0.350 e. The van der Waals surface area contributed by atoms with E-state index in [1.165, 1.54) is 12.1 Å². The molecule has 3 rings (SSSR count). The third kappa shape index (κ3) is 3.91. The fourth-order valence-electron chi connectivity index (χ4n) is 2.81. The van der Waals surface area contributed by atoms with E-state index in [4.69, 9.17) is 11.6 Å². The average molecular weight is 403 g/mol. The molecule has 0 amide bonds. The Morgan fingerprint density at radius 2 is 1.70 bits per heavy atom. The standard InChI is InChI=1S/C20H19ClN2O3S/c1-3-17(24)20-19(23-27(25,26)16-7-5-4-6-8-16)13(2)18(22-20)14-9-11-15(21)12-10-14/h4-12,22-23H,3H2,1-2H3. The summed E-state index contributed by atoms with van der Waals surface area (Å²) in [6.45, 7) is 3.51. The highest BCUT2D eigenvalue weighted by atomic mass is 35.5. The Morgan fingerprint density at radius 3 is 2.30 bits per heavy atom. The van der Waals surface area contributed by atoms with Crippen LogP contribution in [-0.2, 0) is 10.0 Å². The van der Waals surface area contributed by atoms with Crippen LogP contribution in [-0.4, -0.2) is 19.2 Å². The maximum Gasteiger partial charge on any atom is 0.261 e. The van der Waals surface area contributed by atoms with Crippen LogP contribution in [0, 0.1) is 6.92 Å². The second-order valence-corrected chi connectivity index (χ2v) is 8.20. The zero-order chi connectivity index (χ0) is 19.6. The summed E-state index contributed by atoms with van der Waals surface area (Å²) in [6.07, 6.45) is 0.250. The van der Waals surface area contributed by atoms with Gasteiger partial charge in [0.25, 0.3) is 10.0 Å². The molecule has 1 heterocycles. The number of aromatic amines is 1. The minimum atomic E-state index is -3.82. The molecule has 0 radical (unpaired) electrons. The summed E-state index contributed by atoms with van der Waals surface area (Å²) in [6, 6.07) is 15.2. The number of benzene rings is 2. The van der Waals surface area contributed by atoms with Gasteiger partial charge in [0.2, 0.25) is 0 Å². The van der Waals surface area contributed by atoms with Gasteiger partial charge in [0.1, 0.15) is 5.69 Å². The summed E-state index contributed by atoms with van der Waals surface area (Å²) in [5.74, 6) is -0.177. The molecule has 3 aromatic rings. The first-order valence-corrected chi connectivity index (χ1v) is 10.3. The molecule has 0 unspecified atom stereocenters. The normalized spacial score (nSPS) is 11.4. The van der Waals surface area contributed by atoms with Crippen molar-refractivity contribution in [2.75, 3.05) is 4.72 Å². The molecule has 0 fully saturated rings. The molecule has 1 aromatic heterocycles. The SMILES string of the molecule is CCC(=O)c1[nH]c(-c2ccc(Cl)cc2)c(C)c1NS(=O)(=O)c1ccccc1. The Kier molecular flexibility index (Phi) is 5.39. The van der Waals surface area contributed by atoms with Crippen molar-refractivity contribution in [1.82, 2.24) is 4.98 Å². The van der Waals surface area contributed by atoms with Gasteiger partial charge in [-0.25, -0.2) is 8.42 Å². The van der Waals surface area contributed by atoms with Gasteiger partial charge in [-0.15, -0.1) is 0 Å². The van der Waals surface area contributed by atoms with Crippen molar-refractivity contribution in [1.29, 1.82) is 0 Å². The Hall–Kier alpha value is -2.57. The molecule has 0 aliphatic rings. The number of nitrogens with one attached hydrogen (secondary N) is 2. The van der Waals surface area contributed by atoms with E-state index in [0.29, 0.717) is 16.3 Å². The summed E-state index contributed by atoms with van der Waals surface area (Å²) in [4.78, 5) is 15.6. The van der Waals surface area contributed by atoms with Crippen LogP contribution in [0.4, 0.5) is 5.69 Å². The van der Waals surface area contributed by atoms with E-state index in [9.17, 15) is 13.2 Å². The number of halogens is 1. The van der Waals surface area contributed by atoms with Crippen molar-refractivity contribution in [3.8, 4) is 11.3 Å². The van der Waals surface area contributed by atoms with Crippen LogP contribution >= 0.6 is 11.6 Å². The Balaban J connectivity index is 2.11. The van der Waals surface area contributed by atoms with Gasteiger partial charge < -0.3 is 4.98 Å². The summed E-state index contributed by atoms with van der Waals surface area (Å²) in [5.41, 5.74) is 2.66. The summed E-state index contributed by atoms with van der Waals surface area (Å²) >= 11 is 5.95. The smallest absolute Gasteiger partial charge is 0.261 e. The fraction of sp³-hybridized carbons (Fsp3) is 0.150. The lowest BCUT2D eigenvalue weighted by atomic mass is 10.1. The lowest BCUT2D eigenvalue weighted by Gasteiger charge is -2.10. The van der Waals surface area contributed by atoms with Crippen LogP contribution < -0.4 is 4.72 Å². The van der Waals surface area contributed by atoms with Gasteiger partial charge >= 0.3 is 0 Å². The number of carbonyl (C=O) groups is 1. The third-order valence-corrected chi connectivity index (χ3v) is 5.89. The third-order valence-electron chi connectivity index (χ3n) is 4.27. The van der Waals surface area contributed by atoms with Crippen LogP contribution in [0.1, 0.15) is 29.4 Å². The number of anilines is 1. The van der Waals surface area contributed by atoms with Crippen molar-refractivity contribution in [2.24, 2.45) is 0 Å². The Morgan fingerprint density at radius 1 is 1.07 bits per heavy atom. The molecule has 0 spiro atoms. The molecule has 7 heteroatoms. The van der Waals surface area contributed by atoms with Crippen molar-refractivity contribution in [2.45, 2.75) is 25.2 Å². The fourth-order valence-corrected chi connectivity index (χ4v) is 4.09. The number of rotatable bonds is 6. The lowest BCUT2D eigenvalue weighted by molar-refractivity contribution is 0.0985. The second-order valence-electron chi connectivity index (χ2n) is 6.08. The average Bonchev–Trinajstić information content (AvgIpc) is 2.98. The molecule has 0 bridgehead atoms. The lowest BCUT2D eigenvalue weighted by Crippen LogP contribution is -2.15. The summed E-state index contributed by atoms with van der Waals surface area (Å²) in [7, 11) is -3.82. The van der Waals surface area contributed by atoms with Gasteiger partial charge in [-0.3, -0.25) is 9.52 Å². The highest BCUT2D eigenvalue weighted by molar-refractivity contribution is 7.92. The molecule has 5 nitrogen and oxygen atoms in total. The number of hydrogen-bond donors (Lipinski definition) is 2. The van der Waals surface area contributed by atoms with E-state index < -0.39 is 10.0 Å². The van der Waals surface area contributed by atoms with Crippen molar-refractivity contribution in [3.05, 3.63) is 70.9 Å². The topological polar surface area (TPSA) is 79.0 Å². The monoisotopic (exact) mass is 402 g/mol. The van der Waals surface area contributed by atoms with E-state index in [1.54, 1.807) is 44.2 Å². The van der Waals surface area contributed by atoms with Crippen molar-refractivity contribution >= 4 is 33.1 Å². The Bertz CT molecular complexity index is 1070. The van der Waals surface area contributed by atoms with Gasteiger partial charge in [0.05, 0.1) is 16.3 Å². The number of hydrogen-bond acceptors (Lipinski definition) is 3. The van der Waals surface area contributed by atoms with E-state index >= 15 is 0 Å². The number of sulfonamides is 1. The number of ketones is 1. The highest BCUT2D eigenvalue weighted by Gasteiger charge is 2.24. The summed E-state index contributed by atoms with van der Waals surface area (Å²) in [5, 5.41) is 0.595. The van der Waals surface area contributed by atoms with E-state index in [1.807, 2.05) is 12.1 Å².